The lowest BCUT2D eigenvalue weighted by atomic mass is 10.2. The molecule has 0 N–H and O–H groups in total. The number of piperazine rings is 1. The molecule has 4 rings (SSSR count). The number of carbonyl (C=O) groups is 1. The Morgan fingerprint density at radius 3 is 2.54 bits per heavy atom. The van der Waals surface area contributed by atoms with Gasteiger partial charge in [0.15, 0.2) is 0 Å². The van der Waals surface area contributed by atoms with E-state index in [2.05, 4.69) is 30.0 Å². The van der Waals surface area contributed by atoms with Crippen LogP contribution < -0.4 is 4.90 Å². The fourth-order valence-electron chi connectivity index (χ4n) is 2.83. The van der Waals surface area contributed by atoms with Crippen LogP contribution in [0.4, 0.5) is 5.82 Å². The normalized spacial score (nSPS) is 14.5. The summed E-state index contributed by atoms with van der Waals surface area (Å²) >= 11 is 0. The first-order valence-electron chi connectivity index (χ1n) is 8.28. The van der Waals surface area contributed by atoms with E-state index in [0.717, 1.165) is 11.4 Å². The molecular formula is C17H17N7O2. The summed E-state index contributed by atoms with van der Waals surface area (Å²) in [6, 6.07) is 3.85. The van der Waals surface area contributed by atoms with E-state index in [1.807, 2.05) is 12.1 Å². The zero-order chi connectivity index (χ0) is 17.9. The van der Waals surface area contributed by atoms with Crippen LogP contribution in [0.15, 0.2) is 41.4 Å². The Kier molecular flexibility index (Phi) is 4.26. The summed E-state index contributed by atoms with van der Waals surface area (Å²) in [5.41, 5.74) is 1.18. The van der Waals surface area contributed by atoms with E-state index in [-0.39, 0.29) is 5.91 Å². The molecular weight excluding hydrogens is 334 g/mol. The van der Waals surface area contributed by atoms with Crippen molar-refractivity contribution in [1.29, 1.82) is 0 Å². The van der Waals surface area contributed by atoms with Gasteiger partial charge >= 0.3 is 0 Å². The highest BCUT2D eigenvalue weighted by Gasteiger charge is 2.23. The van der Waals surface area contributed by atoms with Crippen LogP contribution in [0.2, 0.25) is 0 Å². The molecule has 0 spiro atoms. The van der Waals surface area contributed by atoms with Crippen LogP contribution in [-0.2, 0) is 0 Å². The highest BCUT2D eigenvalue weighted by molar-refractivity contribution is 5.92. The van der Waals surface area contributed by atoms with E-state index in [4.69, 9.17) is 4.52 Å². The SMILES string of the molecule is Cc1nc(-c2ccc(N3CCN(C(=O)c4cnccn4)CC3)nc2)no1. The maximum atomic E-state index is 12.4. The van der Waals surface area contributed by atoms with E-state index >= 15 is 0 Å². The van der Waals surface area contributed by atoms with E-state index in [1.165, 1.54) is 12.4 Å². The number of pyridine rings is 1. The van der Waals surface area contributed by atoms with Crippen LogP contribution in [0.3, 0.4) is 0 Å². The second kappa shape index (κ2) is 6.87. The van der Waals surface area contributed by atoms with Gasteiger partial charge in [-0.2, -0.15) is 4.98 Å². The molecule has 26 heavy (non-hydrogen) atoms. The van der Waals surface area contributed by atoms with Crippen LogP contribution in [0.5, 0.6) is 0 Å². The van der Waals surface area contributed by atoms with Crippen molar-refractivity contribution in [3.05, 3.63) is 48.5 Å². The molecule has 9 nitrogen and oxygen atoms in total. The molecule has 0 aliphatic carbocycles. The first kappa shape index (κ1) is 16.1. The van der Waals surface area contributed by atoms with Gasteiger partial charge < -0.3 is 14.3 Å². The number of nitrogens with zero attached hydrogens (tertiary/aromatic N) is 7. The van der Waals surface area contributed by atoms with Crippen LogP contribution in [0, 0.1) is 6.92 Å². The van der Waals surface area contributed by atoms with Gasteiger partial charge in [0.1, 0.15) is 11.5 Å². The lowest BCUT2D eigenvalue weighted by molar-refractivity contribution is 0.0740. The smallest absolute Gasteiger partial charge is 0.274 e. The van der Waals surface area contributed by atoms with Gasteiger partial charge in [-0.15, -0.1) is 0 Å². The van der Waals surface area contributed by atoms with Gasteiger partial charge in [0.05, 0.1) is 6.20 Å². The van der Waals surface area contributed by atoms with Crippen molar-refractivity contribution in [3.8, 4) is 11.4 Å². The van der Waals surface area contributed by atoms with Crippen LogP contribution in [0.1, 0.15) is 16.4 Å². The Labute approximate surface area is 149 Å². The quantitative estimate of drug-likeness (QED) is 0.693. The van der Waals surface area contributed by atoms with Crippen molar-refractivity contribution in [2.45, 2.75) is 6.92 Å². The standard InChI is InChI=1S/C17H17N7O2/c1-12-21-16(22-26-12)13-2-3-15(20-10-13)23-6-8-24(9-7-23)17(25)14-11-18-4-5-19-14/h2-5,10-11H,6-9H2,1H3. The topological polar surface area (TPSA) is 101 Å². The number of anilines is 1. The summed E-state index contributed by atoms with van der Waals surface area (Å²) in [4.78, 5) is 33.1. The molecule has 1 amide bonds. The van der Waals surface area contributed by atoms with Crippen LogP contribution in [-0.4, -0.2) is 62.1 Å². The molecule has 0 atom stereocenters. The number of hydrogen-bond acceptors (Lipinski definition) is 8. The molecule has 1 aliphatic heterocycles. The third-order valence-electron chi connectivity index (χ3n) is 4.21. The monoisotopic (exact) mass is 351 g/mol. The molecule has 0 radical (unpaired) electrons. The minimum absolute atomic E-state index is 0.0893. The number of amides is 1. The first-order chi connectivity index (χ1) is 12.7. The highest BCUT2D eigenvalue weighted by Crippen LogP contribution is 2.19. The molecule has 9 heteroatoms. The molecule has 4 heterocycles. The minimum Gasteiger partial charge on any atom is -0.353 e. The molecule has 0 saturated carbocycles. The maximum absolute atomic E-state index is 12.4. The van der Waals surface area contributed by atoms with Crippen molar-refractivity contribution in [2.75, 3.05) is 31.1 Å². The van der Waals surface area contributed by atoms with E-state index in [9.17, 15) is 4.79 Å². The van der Waals surface area contributed by atoms with Gasteiger partial charge in [0.2, 0.25) is 11.7 Å². The molecule has 1 fully saturated rings. The highest BCUT2D eigenvalue weighted by atomic mass is 16.5. The van der Waals surface area contributed by atoms with Gasteiger partial charge in [0, 0.05) is 57.3 Å². The predicted octanol–water partition coefficient (Wildman–Crippen LogP) is 1.19. The number of aryl methyl sites for hydroxylation is 1. The molecule has 0 bridgehead atoms. The molecule has 1 saturated heterocycles. The predicted molar refractivity (Wildman–Crippen MR) is 92.4 cm³/mol. The summed E-state index contributed by atoms with van der Waals surface area (Å²) < 4.78 is 4.99. The summed E-state index contributed by atoms with van der Waals surface area (Å²) in [6.45, 7) is 4.39. The maximum Gasteiger partial charge on any atom is 0.274 e. The third kappa shape index (κ3) is 3.23. The Bertz CT molecular complexity index is 887. The van der Waals surface area contributed by atoms with Crippen molar-refractivity contribution < 1.29 is 9.32 Å². The fourth-order valence-corrected chi connectivity index (χ4v) is 2.83. The van der Waals surface area contributed by atoms with Crippen LogP contribution >= 0.6 is 0 Å². The summed E-state index contributed by atoms with van der Waals surface area (Å²) in [6.07, 6.45) is 6.31. The fraction of sp³-hybridized carbons (Fsp3) is 0.294. The van der Waals surface area contributed by atoms with E-state index < -0.39 is 0 Å². The van der Waals surface area contributed by atoms with Crippen molar-refractivity contribution in [2.24, 2.45) is 0 Å². The molecule has 132 valence electrons. The van der Waals surface area contributed by atoms with Gasteiger partial charge in [0.25, 0.3) is 5.91 Å². The Balaban J connectivity index is 1.39. The second-order valence-electron chi connectivity index (χ2n) is 5.91. The molecule has 1 aliphatic rings. The first-order valence-corrected chi connectivity index (χ1v) is 8.28. The zero-order valence-corrected chi connectivity index (χ0v) is 14.2. The second-order valence-corrected chi connectivity index (χ2v) is 5.91. The molecule has 0 unspecified atom stereocenters. The third-order valence-corrected chi connectivity index (χ3v) is 4.21. The van der Waals surface area contributed by atoms with Crippen molar-refractivity contribution in [1.82, 2.24) is 30.0 Å². The summed E-state index contributed by atoms with van der Waals surface area (Å²) in [7, 11) is 0. The summed E-state index contributed by atoms with van der Waals surface area (Å²) in [5.74, 6) is 1.82. The lowest BCUT2D eigenvalue weighted by Gasteiger charge is -2.35. The number of rotatable bonds is 3. The van der Waals surface area contributed by atoms with Gasteiger partial charge in [-0.05, 0) is 12.1 Å². The van der Waals surface area contributed by atoms with Gasteiger partial charge in [-0.25, -0.2) is 9.97 Å². The average molecular weight is 351 g/mol. The Morgan fingerprint density at radius 1 is 1.08 bits per heavy atom. The average Bonchev–Trinajstić information content (AvgIpc) is 3.15. The molecule has 0 aromatic carbocycles. The van der Waals surface area contributed by atoms with Crippen molar-refractivity contribution >= 4 is 11.7 Å². The Hall–Kier alpha value is -3.36. The van der Waals surface area contributed by atoms with Crippen LogP contribution in [0.25, 0.3) is 11.4 Å². The van der Waals surface area contributed by atoms with Crippen molar-refractivity contribution in [3.63, 3.8) is 0 Å². The molecule has 3 aromatic rings. The van der Waals surface area contributed by atoms with Gasteiger partial charge in [-0.1, -0.05) is 5.16 Å². The number of carbonyl (C=O) groups excluding carboxylic acids is 1. The summed E-state index contributed by atoms with van der Waals surface area (Å²) in [5, 5.41) is 3.89. The number of hydrogen-bond donors (Lipinski definition) is 0. The zero-order valence-electron chi connectivity index (χ0n) is 14.2. The van der Waals surface area contributed by atoms with Gasteiger partial charge in [-0.3, -0.25) is 9.78 Å². The van der Waals surface area contributed by atoms with E-state index in [0.29, 0.717) is 43.6 Å². The van der Waals surface area contributed by atoms with E-state index in [1.54, 1.807) is 24.2 Å². The largest absolute Gasteiger partial charge is 0.353 e. The lowest BCUT2D eigenvalue weighted by Crippen LogP contribution is -2.49. The molecule has 3 aromatic heterocycles. The Morgan fingerprint density at radius 2 is 1.92 bits per heavy atom. The number of aromatic nitrogens is 5. The minimum atomic E-state index is -0.0893.